The Morgan fingerprint density at radius 1 is 0.436 bits per heavy atom. The van der Waals surface area contributed by atoms with Crippen LogP contribution in [0.15, 0.2) is 143 Å². The summed E-state index contributed by atoms with van der Waals surface area (Å²) in [5.74, 6) is 0. The van der Waals surface area contributed by atoms with Crippen molar-refractivity contribution in [1.82, 2.24) is 4.98 Å². The fraction of sp³-hybridized carbons (Fsp3) is 0. The Hall–Kier alpha value is -5.35. The monoisotopic (exact) mass is 502 g/mol. The number of anilines is 3. The van der Waals surface area contributed by atoms with Crippen molar-refractivity contribution in [2.24, 2.45) is 0 Å². The number of para-hydroxylation sites is 1. The maximum Gasteiger partial charge on any atom is 0.153 e. The lowest BCUT2D eigenvalue weighted by molar-refractivity contribution is 0.667. The molecule has 3 aromatic heterocycles. The summed E-state index contributed by atoms with van der Waals surface area (Å²) in [6, 6.07) is 42.1. The summed E-state index contributed by atoms with van der Waals surface area (Å²) in [7, 11) is 0. The van der Waals surface area contributed by atoms with Crippen LogP contribution >= 0.6 is 0 Å². The highest BCUT2D eigenvalue weighted by Gasteiger charge is 2.17. The van der Waals surface area contributed by atoms with Crippen LogP contribution in [0.4, 0.5) is 17.1 Å². The molecule has 0 saturated heterocycles. The molecule has 8 rings (SSSR count). The number of rotatable bonds is 4. The first-order valence-corrected chi connectivity index (χ1v) is 12.9. The molecule has 0 amide bonds. The summed E-state index contributed by atoms with van der Waals surface area (Å²) < 4.78 is 12.3. The second-order valence-corrected chi connectivity index (χ2v) is 9.68. The van der Waals surface area contributed by atoms with Gasteiger partial charge in [-0.05, 0) is 65.7 Å². The number of fused-ring (bicyclic) bond motifs is 6. The zero-order valence-electron chi connectivity index (χ0n) is 20.9. The van der Waals surface area contributed by atoms with Crippen molar-refractivity contribution in [3.63, 3.8) is 0 Å². The molecule has 39 heavy (non-hydrogen) atoms. The van der Waals surface area contributed by atoms with Gasteiger partial charge in [0.15, 0.2) is 5.58 Å². The van der Waals surface area contributed by atoms with Gasteiger partial charge in [-0.2, -0.15) is 0 Å². The molecule has 0 radical (unpaired) electrons. The summed E-state index contributed by atoms with van der Waals surface area (Å²) in [5.41, 5.74) is 8.85. The van der Waals surface area contributed by atoms with Gasteiger partial charge in [0.1, 0.15) is 16.7 Å². The third kappa shape index (κ3) is 3.57. The normalized spacial score (nSPS) is 11.6. The standard InChI is InChI=1S/C35H22N2O2/c1-2-6-23(7-3-1)24-10-12-25(13-11-24)37(26-15-17-33-31(20-26)28-8-4-5-9-32(28)38-33)27-14-16-29-30-18-19-36-22-35(30)39-34(29)21-27/h1-22H. The Morgan fingerprint density at radius 2 is 1.08 bits per heavy atom. The molecule has 3 heterocycles. The fourth-order valence-corrected chi connectivity index (χ4v) is 5.49. The van der Waals surface area contributed by atoms with Gasteiger partial charge < -0.3 is 13.7 Å². The van der Waals surface area contributed by atoms with Crippen LogP contribution in [0.1, 0.15) is 0 Å². The van der Waals surface area contributed by atoms with E-state index < -0.39 is 0 Å². The van der Waals surface area contributed by atoms with Gasteiger partial charge in [-0.1, -0.05) is 60.7 Å². The smallest absolute Gasteiger partial charge is 0.153 e. The van der Waals surface area contributed by atoms with E-state index in [0.717, 1.165) is 60.9 Å². The maximum atomic E-state index is 6.20. The Labute approximate surface area is 224 Å². The van der Waals surface area contributed by atoms with Gasteiger partial charge in [-0.15, -0.1) is 0 Å². The quantitative estimate of drug-likeness (QED) is 0.240. The van der Waals surface area contributed by atoms with Crippen molar-refractivity contribution >= 4 is 60.9 Å². The van der Waals surface area contributed by atoms with Gasteiger partial charge in [0, 0.05) is 50.9 Å². The molecule has 0 spiro atoms. The molecule has 0 N–H and O–H groups in total. The van der Waals surface area contributed by atoms with Crippen molar-refractivity contribution in [2.75, 3.05) is 4.90 Å². The molecular formula is C35H22N2O2. The Bertz CT molecular complexity index is 2120. The van der Waals surface area contributed by atoms with Gasteiger partial charge in [-0.25, -0.2) is 0 Å². The summed E-state index contributed by atoms with van der Waals surface area (Å²) in [6.07, 6.45) is 3.57. The van der Waals surface area contributed by atoms with E-state index in [2.05, 4.69) is 107 Å². The second kappa shape index (κ2) is 8.61. The van der Waals surface area contributed by atoms with Crippen LogP contribution in [-0.4, -0.2) is 4.98 Å². The first kappa shape index (κ1) is 21.7. The van der Waals surface area contributed by atoms with E-state index in [1.807, 2.05) is 24.3 Å². The van der Waals surface area contributed by atoms with E-state index in [9.17, 15) is 0 Å². The highest BCUT2D eigenvalue weighted by Crippen LogP contribution is 2.41. The highest BCUT2D eigenvalue weighted by molar-refractivity contribution is 6.08. The van der Waals surface area contributed by atoms with Gasteiger partial charge in [0.05, 0.1) is 6.20 Å². The molecule has 0 aliphatic rings. The SMILES string of the molecule is c1ccc(-c2ccc(N(c3ccc4c(c3)oc3cnccc34)c3ccc4oc5ccccc5c4c3)cc2)cc1. The minimum Gasteiger partial charge on any atom is -0.456 e. The predicted octanol–water partition coefficient (Wildman–Crippen LogP) is 10.0. The molecule has 0 aliphatic carbocycles. The minimum atomic E-state index is 0.787. The van der Waals surface area contributed by atoms with Crippen LogP contribution in [0.25, 0.3) is 55.0 Å². The van der Waals surface area contributed by atoms with Crippen LogP contribution in [0, 0.1) is 0 Å². The van der Waals surface area contributed by atoms with E-state index in [1.165, 1.54) is 11.1 Å². The molecule has 5 aromatic carbocycles. The van der Waals surface area contributed by atoms with E-state index in [4.69, 9.17) is 8.83 Å². The van der Waals surface area contributed by atoms with Crippen molar-refractivity contribution in [2.45, 2.75) is 0 Å². The number of aromatic nitrogens is 1. The van der Waals surface area contributed by atoms with Gasteiger partial charge in [0.25, 0.3) is 0 Å². The van der Waals surface area contributed by atoms with Crippen LogP contribution in [0.2, 0.25) is 0 Å². The van der Waals surface area contributed by atoms with Crippen LogP contribution < -0.4 is 4.90 Å². The van der Waals surface area contributed by atoms with E-state index in [1.54, 1.807) is 12.4 Å². The van der Waals surface area contributed by atoms with E-state index in [0.29, 0.717) is 0 Å². The third-order valence-electron chi connectivity index (χ3n) is 7.37. The first-order valence-electron chi connectivity index (χ1n) is 12.9. The molecule has 4 heteroatoms. The fourth-order valence-electron chi connectivity index (χ4n) is 5.49. The number of nitrogens with zero attached hydrogens (tertiary/aromatic N) is 2. The number of furan rings is 2. The van der Waals surface area contributed by atoms with Crippen LogP contribution in [0.5, 0.6) is 0 Å². The lowest BCUT2D eigenvalue weighted by Crippen LogP contribution is -2.09. The molecule has 0 saturated carbocycles. The summed E-state index contributed by atoms with van der Waals surface area (Å²) >= 11 is 0. The molecule has 0 unspecified atom stereocenters. The number of hydrogen-bond acceptors (Lipinski definition) is 4. The first-order chi connectivity index (χ1) is 19.3. The zero-order valence-corrected chi connectivity index (χ0v) is 20.9. The second-order valence-electron chi connectivity index (χ2n) is 9.68. The largest absolute Gasteiger partial charge is 0.456 e. The van der Waals surface area contributed by atoms with Crippen LogP contribution in [-0.2, 0) is 0 Å². The lowest BCUT2D eigenvalue weighted by Gasteiger charge is -2.25. The molecule has 0 aliphatic heterocycles. The zero-order chi connectivity index (χ0) is 25.8. The topological polar surface area (TPSA) is 42.4 Å². The molecule has 0 bridgehead atoms. The average Bonchev–Trinajstić information content (AvgIpc) is 3.56. The lowest BCUT2D eigenvalue weighted by atomic mass is 10.0. The Morgan fingerprint density at radius 3 is 1.97 bits per heavy atom. The van der Waals surface area contributed by atoms with Crippen molar-refractivity contribution in [3.8, 4) is 11.1 Å². The highest BCUT2D eigenvalue weighted by atomic mass is 16.3. The van der Waals surface area contributed by atoms with Gasteiger partial charge >= 0.3 is 0 Å². The summed E-state index contributed by atoms with van der Waals surface area (Å²) in [5, 5.41) is 4.34. The van der Waals surface area contributed by atoms with Crippen LogP contribution in [0.3, 0.4) is 0 Å². The van der Waals surface area contributed by atoms with Crippen molar-refractivity contribution in [1.29, 1.82) is 0 Å². The summed E-state index contributed by atoms with van der Waals surface area (Å²) in [4.78, 5) is 6.49. The molecule has 184 valence electrons. The minimum absolute atomic E-state index is 0.787. The molecular weight excluding hydrogens is 480 g/mol. The molecule has 0 atom stereocenters. The Balaban J connectivity index is 1.32. The predicted molar refractivity (Wildman–Crippen MR) is 159 cm³/mol. The van der Waals surface area contributed by atoms with E-state index >= 15 is 0 Å². The maximum absolute atomic E-state index is 6.20. The molecule has 8 aromatic rings. The van der Waals surface area contributed by atoms with Crippen molar-refractivity contribution < 1.29 is 8.83 Å². The van der Waals surface area contributed by atoms with E-state index in [-0.39, 0.29) is 0 Å². The van der Waals surface area contributed by atoms with Gasteiger partial charge in [-0.3, -0.25) is 4.98 Å². The molecule has 4 nitrogen and oxygen atoms in total. The molecule has 0 fully saturated rings. The third-order valence-corrected chi connectivity index (χ3v) is 7.37. The number of pyridine rings is 1. The Kier molecular flexibility index (Phi) is 4.79. The van der Waals surface area contributed by atoms with Crippen molar-refractivity contribution in [3.05, 3.63) is 134 Å². The number of benzene rings is 5. The summed E-state index contributed by atoms with van der Waals surface area (Å²) in [6.45, 7) is 0. The number of hydrogen-bond donors (Lipinski definition) is 0. The average molecular weight is 503 g/mol. The van der Waals surface area contributed by atoms with Gasteiger partial charge in [0.2, 0.25) is 0 Å².